The average Bonchev–Trinajstić information content (AvgIpc) is 3.69. The highest BCUT2D eigenvalue weighted by Gasteiger charge is 2.30. The summed E-state index contributed by atoms with van der Waals surface area (Å²) in [5, 5.41) is 2.53. The second kappa shape index (κ2) is 12.7. The van der Waals surface area contributed by atoms with Gasteiger partial charge in [-0.2, -0.15) is 0 Å². The lowest BCUT2D eigenvalue weighted by Gasteiger charge is -2.15. The van der Waals surface area contributed by atoms with Gasteiger partial charge in [-0.05, 0) is 105 Å². The Kier molecular flexibility index (Phi) is 7.59. The van der Waals surface area contributed by atoms with E-state index in [1.807, 2.05) is 6.08 Å². The Balaban J connectivity index is 1.09. The van der Waals surface area contributed by atoms with Gasteiger partial charge in [-0.25, -0.2) is 0 Å². The zero-order chi connectivity index (χ0) is 33.4. The number of hydrogen-bond acceptors (Lipinski definition) is 0. The summed E-state index contributed by atoms with van der Waals surface area (Å²) in [6.45, 7) is 3.83. The van der Waals surface area contributed by atoms with Gasteiger partial charge in [0.25, 0.3) is 0 Å². The first-order valence-electron chi connectivity index (χ1n) is 17.6. The van der Waals surface area contributed by atoms with Crippen molar-refractivity contribution < 1.29 is 0 Å². The van der Waals surface area contributed by atoms with Crippen molar-refractivity contribution in [2.24, 2.45) is 0 Å². The minimum Gasteiger partial charge on any atom is -0.309 e. The summed E-state index contributed by atoms with van der Waals surface area (Å²) in [7, 11) is 0. The first-order valence-corrected chi connectivity index (χ1v) is 17.6. The molecule has 238 valence electrons. The molecule has 0 radical (unpaired) electrons. The molecule has 1 heterocycles. The number of rotatable bonds is 8. The van der Waals surface area contributed by atoms with Crippen LogP contribution in [0.4, 0.5) is 0 Å². The van der Waals surface area contributed by atoms with Crippen LogP contribution in [-0.2, 0) is 0 Å². The summed E-state index contributed by atoms with van der Waals surface area (Å²) >= 11 is 0. The van der Waals surface area contributed by atoms with E-state index in [9.17, 15) is 0 Å². The maximum absolute atomic E-state index is 3.83. The van der Waals surface area contributed by atoms with E-state index in [4.69, 9.17) is 0 Å². The lowest BCUT2D eigenvalue weighted by Crippen LogP contribution is -1.99. The van der Waals surface area contributed by atoms with Gasteiger partial charge >= 0.3 is 0 Å². The van der Waals surface area contributed by atoms with Crippen molar-refractivity contribution in [1.29, 1.82) is 0 Å². The van der Waals surface area contributed by atoms with E-state index in [2.05, 4.69) is 187 Å². The number of allylic oxidation sites excluding steroid dienone is 2. The second-order valence-electron chi connectivity index (χ2n) is 13.3. The van der Waals surface area contributed by atoms with Gasteiger partial charge in [-0.3, -0.25) is 0 Å². The van der Waals surface area contributed by atoms with Crippen molar-refractivity contribution in [3.63, 3.8) is 0 Å². The highest BCUT2D eigenvalue weighted by Crippen LogP contribution is 2.49. The Morgan fingerprint density at radius 3 is 2.00 bits per heavy atom. The van der Waals surface area contributed by atoms with E-state index in [0.717, 1.165) is 12.8 Å². The summed E-state index contributed by atoms with van der Waals surface area (Å²) < 4.78 is 2.40. The molecule has 0 amide bonds. The molecule has 1 aromatic heterocycles. The molecule has 1 aliphatic rings. The number of aromatic nitrogens is 1. The minimum absolute atomic E-state index is 0.217. The van der Waals surface area contributed by atoms with E-state index in [1.165, 1.54) is 83.1 Å². The smallest absolute Gasteiger partial charge is 0.0541 e. The zero-order valence-electron chi connectivity index (χ0n) is 28.0. The standard InChI is InChI=1S/C49H37N/c1-2-3-4-6-13-34-20-28-40(29-21-34)50-47-19-12-11-17-42(47)46-33-39(27-31-48(46)50)38-26-30-44-45(32-38)41-16-9-10-18-43(41)49(44)37-24-22-36(23-25-37)35-14-7-5-8-15-35/h2,5-33,49H,1,3-4H2/b13-6+. The molecule has 0 spiro atoms. The van der Waals surface area contributed by atoms with Gasteiger partial charge in [-0.15, -0.1) is 6.58 Å². The molecule has 9 rings (SSSR count). The average molecular weight is 640 g/mol. The van der Waals surface area contributed by atoms with Gasteiger partial charge in [0.15, 0.2) is 0 Å². The normalized spacial score (nSPS) is 13.6. The number of fused-ring (bicyclic) bond motifs is 6. The van der Waals surface area contributed by atoms with Gasteiger partial charge in [0, 0.05) is 22.4 Å². The highest BCUT2D eigenvalue weighted by molar-refractivity contribution is 6.10. The molecule has 1 nitrogen and oxygen atoms in total. The summed E-state index contributed by atoms with van der Waals surface area (Å²) in [6.07, 6.45) is 8.40. The largest absolute Gasteiger partial charge is 0.309 e. The molecule has 0 N–H and O–H groups in total. The van der Waals surface area contributed by atoms with Crippen molar-refractivity contribution in [3.8, 4) is 39.1 Å². The van der Waals surface area contributed by atoms with Crippen LogP contribution >= 0.6 is 0 Å². The molecule has 0 bridgehead atoms. The van der Waals surface area contributed by atoms with Crippen LogP contribution in [0.2, 0.25) is 0 Å². The van der Waals surface area contributed by atoms with Crippen LogP contribution in [0.1, 0.15) is 41.0 Å². The molecule has 50 heavy (non-hydrogen) atoms. The topological polar surface area (TPSA) is 4.93 Å². The molecule has 0 saturated carbocycles. The third-order valence-electron chi connectivity index (χ3n) is 10.3. The Labute approximate surface area is 294 Å². The highest BCUT2D eigenvalue weighted by atomic mass is 15.0. The molecule has 1 heteroatoms. The molecule has 1 aliphatic carbocycles. The van der Waals surface area contributed by atoms with Crippen LogP contribution in [0.5, 0.6) is 0 Å². The first kappa shape index (κ1) is 29.9. The third kappa shape index (κ3) is 5.19. The molecule has 0 saturated heterocycles. The Morgan fingerprint density at radius 2 is 1.16 bits per heavy atom. The Morgan fingerprint density at radius 1 is 0.500 bits per heavy atom. The fraction of sp³-hybridized carbons (Fsp3) is 0.0612. The molecule has 1 unspecified atom stereocenters. The van der Waals surface area contributed by atoms with E-state index >= 15 is 0 Å². The summed E-state index contributed by atoms with van der Waals surface area (Å²) in [5.41, 5.74) is 16.5. The van der Waals surface area contributed by atoms with Crippen LogP contribution in [0.3, 0.4) is 0 Å². The predicted molar refractivity (Wildman–Crippen MR) is 213 cm³/mol. The number of nitrogens with zero attached hydrogens (tertiary/aromatic N) is 1. The fourth-order valence-electron chi connectivity index (χ4n) is 7.84. The summed E-state index contributed by atoms with van der Waals surface area (Å²) in [6, 6.07) is 60.4. The van der Waals surface area contributed by atoms with Crippen molar-refractivity contribution in [2.75, 3.05) is 0 Å². The summed E-state index contributed by atoms with van der Waals surface area (Å²) in [4.78, 5) is 0. The SMILES string of the molecule is C=CCC/C=C/c1ccc(-n2c3ccccc3c3cc(-c4ccc5c(c4)-c4ccccc4C5c4ccc(-c5ccccc5)cc4)ccc32)cc1. The molecule has 0 aliphatic heterocycles. The van der Waals surface area contributed by atoms with E-state index < -0.39 is 0 Å². The summed E-state index contributed by atoms with van der Waals surface area (Å²) in [5.74, 6) is 0.217. The van der Waals surface area contributed by atoms with Gasteiger partial charge in [0.05, 0.1) is 11.0 Å². The number of benzene rings is 7. The Hall–Kier alpha value is -6.18. The van der Waals surface area contributed by atoms with Crippen molar-refractivity contribution in [1.82, 2.24) is 4.57 Å². The van der Waals surface area contributed by atoms with Crippen molar-refractivity contribution in [2.45, 2.75) is 18.8 Å². The third-order valence-corrected chi connectivity index (χ3v) is 10.3. The monoisotopic (exact) mass is 639 g/mol. The molecule has 0 fully saturated rings. The molecule has 7 aromatic carbocycles. The molecular weight excluding hydrogens is 603 g/mol. The predicted octanol–water partition coefficient (Wildman–Crippen LogP) is 13.3. The number of para-hydroxylation sites is 1. The van der Waals surface area contributed by atoms with Gasteiger partial charge in [0.1, 0.15) is 0 Å². The number of hydrogen-bond donors (Lipinski definition) is 0. The maximum atomic E-state index is 3.83. The minimum atomic E-state index is 0.217. The van der Waals surface area contributed by atoms with Crippen molar-refractivity contribution in [3.05, 3.63) is 205 Å². The van der Waals surface area contributed by atoms with Crippen molar-refractivity contribution >= 4 is 27.9 Å². The molecular formula is C49H37N. The van der Waals surface area contributed by atoms with Gasteiger partial charge in [-0.1, -0.05) is 146 Å². The van der Waals surface area contributed by atoms with Crippen LogP contribution in [0.15, 0.2) is 183 Å². The zero-order valence-corrected chi connectivity index (χ0v) is 28.0. The Bertz CT molecular complexity index is 2530. The quantitative estimate of drug-likeness (QED) is 0.115. The van der Waals surface area contributed by atoms with Crippen LogP contribution in [0, 0.1) is 0 Å². The number of unbranched alkanes of at least 4 members (excludes halogenated alkanes) is 1. The van der Waals surface area contributed by atoms with E-state index in [-0.39, 0.29) is 5.92 Å². The van der Waals surface area contributed by atoms with Crippen LogP contribution in [0.25, 0.3) is 66.9 Å². The van der Waals surface area contributed by atoms with Crippen LogP contribution in [-0.4, -0.2) is 4.57 Å². The maximum Gasteiger partial charge on any atom is 0.0541 e. The first-order chi connectivity index (χ1) is 24.8. The fourth-order valence-corrected chi connectivity index (χ4v) is 7.84. The van der Waals surface area contributed by atoms with E-state index in [1.54, 1.807) is 0 Å². The van der Waals surface area contributed by atoms with Gasteiger partial charge < -0.3 is 4.57 Å². The van der Waals surface area contributed by atoms with E-state index in [0.29, 0.717) is 0 Å². The molecule has 8 aromatic rings. The molecule has 1 atom stereocenters. The lowest BCUT2D eigenvalue weighted by molar-refractivity contribution is 1.02. The van der Waals surface area contributed by atoms with Gasteiger partial charge in [0.2, 0.25) is 0 Å². The second-order valence-corrected chi connectivity index (χ2v) is 13.3. The lowest BCUT2D eigenvalue weighted by atomic mass is 9.88. The van der Waals surface area contributed by atoms with Crippen LogP contribution < -0.4 is 0 Å².